The lowest BCUT2D eigenvalue weighted by Crippen LogP contribution is -1.99. The van der Waals surface area contributed by atoms with Gasteiger partial charge < -0.3 is 4.74 Å². The van der Waals surface area contributed by atoms with Crippen LogP contribution in [0.5, 0.6) is 5.75 Å². The van der Waals surface area contributed by atoms with Gasteiger partial charge in [-0.25, -0.2) is 4.98 Å². The second kappa shape index (κ2) is 7.61. The van der Waals surface area contributed by atoms with Crippen molar-refractivity contribution in [2.75, 3.05) is 6.61 Å². The first kappa shape index (κ1) is 16.1. The normalized spacial score (nSPS) is 10.5. The molecule has 0 bridgehead atoms. The predicted octanol–water partition coefficient (Wildman–Crippen LogP) is 4.37. The van der Waals surface area contributed by atoms with Crippen molar-refractivity contribution in [1.82, 2.24) is 9.38 Å². The van der Waals surface area contributed by atoms with E-state index in [1.807, 2.05) is 29.7 Å². The zero-order chi connectivity index (χ0) is 13.0. The van der Waals surface area contributed by atoms with Crippen LogP contribution in [-0.4, -0.2) is 16.0 Å². The van der Waals surface area contributed by atoms with E-state index in [1.165, 1.54) is 12.8 Å². The number of halogens is 2. The Morgan fingerprint density at radius 3 is 2.84 bits per heavy atom. The zero-order valence-corrected chi connectivity index (χ0v) is 12.9. The smallest absolute Gasteiger partial charge is 0.180 e. The summed E-state index contributed by atoms with van der Waals surface area (Å²) in [4.78, 5) is 4.54. The quantitative estimate of drug-likeness (QED) is 0.585. The number of unbranched alkanes of at least 4 members (excludes halogenated alkanes) is 2. The highest BCUT2D eigenvalue weighted by Gasteiger charge is 2.11. The Kier molecular flexibility index (Phi) is 6.46. The molecular formula is C14H20Cl2N2O. The van der Waals surface area contributed by atoms with Gasteiger partial charge in [-0.15, -0.1) is 24.0 Å². The number of fused-ring (bicyclic) bond motifs is 1. The highest BCUT2D eigenvalue weighted by atomic mass is 35.5. The van der Waals surface area contributed by atoms with E-state index in [9.17, 15) is 0 Å². The molecule has 2 heterocycles. The summed E-state index contributed by atoms with van der Waals surface area (Å²) in [6, 6.07) is 3.94. The second-order valence-electron chi connectivity index (χ2n) is 4.40. The van der Waals surface area contributed by atoms with Crippen molar-refractivity contribution < 1.29 is 4.74 Å². The van der Waals surface area contributed by atoms with E-state index < -0.39 is 0 Å². The minimum atomic E-state index is 0. The summed E-state index contributed by atoms with van der Waals surface area (Å²) >= 11 is 5.95. The van der Waals surface area contributed by atoms with Crippen molar-refractivity contribution in [2.45, 2.75) is 39.0 Å². The molecule has 2 rings (SSSR count). The molecule has 0 fully saturated rings. The summed E-state index contributed by atoms with van der Waals surface area (Å²) in [5.41, 5.74) is 2.86. The largest absolute Gasteiger partial charge is 0.490 e. The standard InChI is InChI=1S/C14H19ClN2O.ClH/c1-3-4-5-9-18-13-7-6-8-17-12(10-15)11(2)16-14(13)17;/h6-8H,3-5,9-10H2,1-2H3;1H. The fourth-order valence-electron chi connectivity index (χ4n) is 2.01. The fraction of sp³-hybridized carbons (Fsp3) is 0.500. The molecule has 3 nitrogen and oxygen atoms in total. The van der Waals surface area contributed by atoms with Crippen LogP contribution in [0.3, 0.4) is 0 Å². The minimum Gasteiger partial charge on any atom is -0.490 e. The van der Waals surface area contributed by atoms with Gasteiger partial charge in [0.05, 0.1) is 23.9 Å². The van der Waals surface area contributed by atoms with E-state index in [2.05, 4.69) is 11.9 Å². The van der Waals surface area contributed by atoms with Crippen molar-refractivity contribution in [3.8, 4) is 5.75 Å². The average molecular weight is 303 g/mol. The Bertz CT molecular complexity index is 525. The van der Waals surface area contributed by atoms with Gasteiger partial charge in [0.2, 0.25) is 0 Å². The van der Waals surface area contributed by atoms with Crippen molar-refractivity contribution >= 4 is 29.7 Å². The molecule has 0 amide bonds. The molecule has 5 heteroatoms. The Labute approximate surface area is 125 Å². The van der Waals surface area contributed by atoms with Crippen LogP contribution in [0.25, 0.3) is 5.65 Å². The summed E-state index contributed by atoms with van der Waals surface area (Å²) in [6.45, 7) is 4.91. The number of hydrogen-bond acceptors (Lipinski definition) is 2. The van der Waals surface area contributed by atoms with Crippen LogP contribution in [-0.2, 0) is 5.88 Å². The lowest BCUT2D eigenvalue weighted by molar-refractivity contribution is 0.308. The third-order valence-corrected chi connectivity index (χ3v) is 3.30. The molecule has 0 aliphatic carbocycles. The molecule has 0 unspecified atom stereocenters. The van der Waals surface area contributed by atoms with Gasteiger partial charge in [0.25, 0.3) is 0 Å². The summed E-state index contributed by atoms with van der Waals surface area (Å²) in [7, 11) is 0. The maximum absolute atomic E-state index is 5.95. The van der Waals surface area contributed by atoms with E-state index in [4.69, 9.17) is 16.3 Å². The molecule has 0 saturated heterocycles. The maximum Gasteiger partial charge on any atom is 0.180 e. The number of hydrogen-bond donors (Lipinski definition) is 0. The number of ether oxygens (including phenoxy) is 1. The van der Waals surface area contributed by atoms with Crippen LogP contribution in [0.1, 0.15) is 37.6 Å². The summed E-state index contributed by atoms with van der Waals surface area (Å²) in [5, 5.41) is 0. The van der Waals surface area contributed by atoms with Crippen LogP contribution >= 0.6 is 24.0 Å². The molecule has 0 aliphatic rings. The van der Waals surface area contributed by atoms with Gasteiger partial charge in [-0.05, 0) is 25.5 Å². The second-order valence-corrected chi connectivity index (χ2v) is 4.67. The number of pyridine rings is 1. The fourth-order valence-corrected chi connectivity index (χ4v) is 2.33. The average Bonchev–Trinajstić information content (AvgIpc) is 2.70. The van der Waals surface area contributed by atoms with E-state index in [1.54, 1.807) is 0 Å². The molecule has 19 heavy (non-hydrogen) atoms. The SMILES string of the molecule is CCCCCOc1cccn2c(CCl)c(C)nc12.Cl. The highest BCUT2D eigenvalue weighted by molar-refractivity contribution is 6.17. The van der Waals surface area contributed by atoms with Gasteiger partial charge in [0.15, 0.2) is 11.4 Å². The number of imidazole rings is 1. The van der Waals surface area contributed by atoms with Crippen molar-refractivity contribution in [3.63, 3.8) is 0 Å². The van der Waals surface area contributed by atoms with Gasteiger partial charge in [-0.1, -0.05) is 19.8 Å². The van der Waals surface area contributed by atoms with Gasteiger partial charge in [-0.2, -0.15) is 0 Å². The molecule has 2 aromatic rings. The zero-order valence-electron chi connectivity index (χ0n) is 11.4. The molecule has 0 atom stereocenters. The number of nitrogens with zero attached hydrogens (tertiary/aromatic N) is 2. The highest BCUT2D eigenvalue weighted by Crippen LogP contribution is 2.23. The summed E-state index contributed by atoms with van der Waals surface area (Å²) < 4.78 is 7.82. The Hall–Kier alpha value is -0.930. The Morgan fingerprint density at radius 1 is 1.37 bits per heavy atom. The number of aromatic nitrogens is 2. The summed E-state index contributed by atoms with van der Waals surface area (Å²) in [5.74, 6) is 1.31. The molecule has 0 radical (unpaired) electrons. The van der Waals surface area contributed by atoms with Gasteiger partial charge in [0, 0.05) is 6.20 Å². The maximum atomic E-state index is 5.95. The first-order chi connectivity index (χ1) is 8.77. The van der Waals surface area contributed by atoms with Crippen molar-refractivity contribution in [1.29, 1.82) is 0 Å². The Balaban J connectivity index is 0.00000180. The lowest BCUT2D eigenvalue weighted by Gasteiger charge is -2.07. The monoisotopic (exact) mass is 302 g/mol. The van der Waals surface area contributed by atoms with Crippen molar-refractivity contribution in [2.24, 2.45) is 0 Å². The van der Waals surface area contributed by atoms with E-state index in [-0.39, 0.29) is 12.4 Å². The van der Waals surface area contributed by atoms with E-state index >= 15 is 0 Å². The van der Waals surface area contributed by atoms with Gasteiger partial charge in [0.1, 0.15) is 0 Å². The molecule has 2 aromatic heterocycles. The van der Waals surface area contributed by atoms with Gasteiger partial charge >= 0.3 is 0 Å². The topological polar surface area (TPSA) is 26.5 Å². The molecule has 0 aromatic carbocycles. The van der Waals surface area contributed by atoms with Crippen molar-refractivity contribution in [3.05, 3.63) is 29.7 Å². The molecular weight excluding hydrogens is 283 g/mol. The Morgan fingerprint density at radius 2 is 2.16 bits per heavy atom. The first-order valence-corrected chi connectivity index (χ1v) is 6.96. The number of alkyl halides is 1. The molecule has 0 aliphatic heterocycles. The van der Waals surface area contributed by atoms with Crippen LogP contribution in [0, 0.1) is 6.92 Å². The first-order valence-electron chi connectivity index (χ1n) is 6.43. The van der Waals surface area contributed by atoms with Crippen LogP contribution < -0.4 is 4.74 Å². The third kappa shape index (κ3) is 3.54. The molecule has 0 N–H and O–H groups in total. The van der Waals surface area contributed by atoms with Crippen LogP contribution in [0.15, 0.2) is 18.3 Å². The molecule has 0 saturated carbocycles. The molecule has 106 valence electrons. The van der Waals surface area contributed by atoms with E-state index in [0.717, 1.165) is 35.8 Å². The van der Waals surface area contributed by atoms with Gasteiger partial charge in [-0.3, -0.25) is 4.40 Å². The third-order valence-electron chi connectivity index (χ3n) is 3.05. The van der Waals surface area contributed by atoms with E-state index in [0.29, 0.717) is 5.88 Å². The summed E-state index contributed by atoms with van der Waals surface area (Å²) in [6.07, 6.45) is 5.46. The number of rotatable bonds is 6. The predicted molar refractivity (Wildman–Crippen MR) is 81.8 cm³/mol. The van der Waals surface area contributed by atoms with Crippen LogP contribution in [0.4, 0.5) is 0 Å². The minimum absolute atomic E-state index is 0. The lowest BCUT2D eigenvalue weighted by atomic mass is 10.3. The number of aryl methyl sites for hydroxylation is 1. The van der Waals surface area contributed by atoms with Crippen LogP contribution in [0.2, 0.25) is 0 Å². The molecule has 0 spiro atoms.